The summed E-state index contributed by atoms with van der Waals surface area (Å²) in [5.41, 5.74) is 0. The summed E-state index contributed by atoms with van der Waals surface area (Å²) in [6.45, 7) is 0. The van der Waals surface area contributed by atoms with Crippen LogP contribution in [-0.4, -0.2) is 23.6 Å². The molecule has 0 amide bonds. The van der Waals surface area contributed by atoms with Crippen LogP contribution in [0.4, 0.5) is 26.3 Å². The number of hydrogen-bond acceptors (Lipinski definition) is 1. The summed E-state index contributed by atoms with van der Waals surface area (Å²) in [6, 6.07) is 0. The van der Waals surface area contributed by atoms with Gasteiger partial charge >= 0.3 is 12.4 Å². The number of hydrogen-bond donors (Lipinski definition) is 1. The molecule has 0 aromatic carbocycles. The van der Waals surface area contributed by atoms with E-state index in [0.29, 0.717) is 0 Å². The van der Waals surface area contributed by atoms with E-state index in [2.05, 4.69) is 0 Å². The van der Waals surface area contributed by atoms with Crippen LogP contribution >= 0.6 is 0 Å². The maximum Gasteiger partial charge on any atom is 0.391 e. The molecule has 1 nitrogen and oxygen atoms in total. The van der Waals surface area contributed by atoms with Gasteiger partial charge in [-0.15, -0.1) is 0 Å². The van der Waals surface area contributed by atoms with Crippen LogP contribution in [0.25, 0.3) is 0 Å². The molecule has 1 saturated carbocycles. The number of aliphatic hydroxyl groups is 1. The number of aliphatic hydroxyl groups excluding tert-OH is 1. The van der Waals surface area contributed by atoms with Crippen LogP contribution in [0, 0.1) is 11.8 Å². The average Bonchev–Trinajstić information content (AvgIpc) is 1.97. The topological polar surface area (TPSA) is 20.2 Å². The predicted octanol–water partition coefficient (Wildman–Crippen LogP) is 3.28. The molecular formula is C9H12F6O. The van der Waals surface area contributed by atoms with E-state index in [1.54, 1.807) is 0 Å². The van der Waals surface area contributed by atoms with Crippen molar-refractivity contribution >= 4 is 0 Å². The van der Waals surface area contributed by atoms with Crippen molar-refractivity contribution in [2.45, 2.75) is 44.1 Å². The van der Waals surface area contributed by atoms with Crippen molar-refractivity contribution in [3.8, 4) is 0 Å². The zero-order valence-electron chi connectivity index (χ0n) is 8.28. The van der Waals surface area contributed by atoms with Gasteiger partial charge in [0.15, 0.2) is 0 Å². The predicted molar refractivity (Wildman–Crippen MR) is 43.6 cm³/mol. The van der Waals surface area contributed by atoms with E-state index in [9.17, 15) is 26.3 Å². The molecule has 1 rings (SSSR count). The van der Waals surface area contributed by atoms with Crippen molar-refractivity contribution in [1.29, 1.82) is 0 Å². The van der Waals surface area contributed by atoms with Gasteiger partial charge in [-0.05, 0) is 25.2 Å². The van der Waals surface area contributed by atoms with Crippen molar-refractivity contribution in [2.75, 3.05) is 0 Å². The third-order valence-electron chi connectivity index (χ3n) is 2.76. The Labute approximate surface area is 88.4 Å². The van der Waals surface area contributed by atoms with E-state index >= 15 is 0 Å². The largest absolute Gasteiger partial charge is 0.393 e. The molecule has 0 heterocycles. The van der Waals surface area contributed by atoms with Gasteiger partial charge in [0.05, 0.1) is 12.0 Å². The standard InChI is InChI=1S/C9H12F6O/c10-8(11,12)4-5-1-6(9(13,14)15)3-7(16)2-5/h5-7,16H,1-4H2/t5-,6+,7-/m1/s1. The number of rotatable bonds is 1. The summed E-state index contributed by atoms with van der Waals surface area (Å²) in [6.07, 6.45) is -12.8. The third-order valence-corrected chi connectivity index (χ3v) is 2.76. The second-order valence-corrected chi connectivity index (χ2v) is 4.28. The highest BCUT2D eigenvalue weighted by Gasteiger charge is 2.46. The normalized spacial score (nSPS) is 32.8. The minimum Gasteiger partial charge on any atom is -0.393 e. The highest BCUT2D eigenvalue weighted by atomic mass is 19.4. The Kier molecular flexibility index (Phi) is 3.76. The van der Waals surface area contributed by atoms with Gasteiger partial charge in [0, 0.05) is 6.42 Å². The van der Waals surface area contributed by atoms with Crippen LogP contribution in [0.3, 0.4) is 0 Å². The number of halogens is 6. The van der Waals surface area contributed by atoms with E-state index in [1.165, 1.54) is 0 Å². The monoisotopic (exact) mass is 250 g/mol. The van der Waals surface area contributed by atoms with Gasteiger partial charge in [-0.3, -0.25) is 0 Å². The molecule has 0 aromatic rings. The molecule has 0 aliphatic heterocycles. The molecule has 0 saturated heterocycles. The smallest absolute Gasteiger partial charge is 0.391 e. The molecule has 0 unspecified atom stereocenters. The van der Waals surface area contributed by atoms with E-state index < -0.39 is 49.6 Å². The molecule has 7 heteroatoms. The Hall–Kier alpha value is -0.460. The van der Waals surface area contributed by atoms with E-state index in [0.717, 1.165) is 0 Å². The van der Waals surface area contributed by atoms with Crippen molar-refractivity contribution in [1.82, 2.24) is 0 Å². The quantitative estimate of drug-likeness (QED) is 0.708. The molecule has 1 aliphatic carbocycles. The average molecular weight is 250 g/mol. The van der Waals surface area contributed by atoms with Crippen LogP contribution in [0.5, 0.6) is 0 Å². The molecule has 0 spiro atoms. The molecule has 16 heavy (non-hydrogen) atoms. The third kappa shape index (κ3) is 4.19. The van der Waals surface area contributed by atoms with E-state index in [1.807, 2.05) is 0 Å². The van der Waals surface area contributed by atoms with Crippen LogP contribution < -0.4 is 0 Å². The summed E-state index contributed by atoms with van der Waals surface area (Å²) in [7, 11) is 0. The molecule has 96 valence electrons. The summed E-state index contributed by atoms with van der Waals surface area (Å²) >= 11 is 0. The first-order valence-electron chi connectivity index (χ1n) is 4.89. The van der Waals surface area contributed by atoms with Crippen molar-refractivity contribution < 1.29 is 31.4 Å². The Bertz CT molecular complexity index is 233. The van der Waals surface area contributed by atoms with Crippen LogP contribution in [0.2, 0.25) is 0 Å². The van der Waals surface area contributed by atoms with Crippen molar-refractivity contribution in [3.63, 3.8) is 0 Å². The fourth-order valence-corrected chi connectivity index (χ4v) is 2.17. The molecule has 3 atom stereocenters. The summed E-state index contributed by atoms with van der Waals surface area (Å²) < 4.78 is 73.1. The first-order chi connectivity index (χ1) is 7.08. The zero-order chi connectivity index (χ0) is 12.6. The number of alkyl halides is 6. The fraction of sp³-hybridized carbons (Fsp3) is 1.00. The Balaban J connectivity index is 2.61. The molecule has 0 radical (unpaired) electrons. The highest BCUT2D eigenvalue weighted by molar-refractivity contribution is 4.83. The molecule has 1 aliphatic rings. The Morgan fingerprint density at radius 3 is 1.94 bits per heavy atom. The van der Waals surface area contributed by atoms with Gasteiger partial charge in [-0.25, -0.2) is 0 Å². The fourth-order valence-electron chi connectivity index (χ4n) is 2.17. The van der Waals surface area contributed by atoms with Gasteiger partial charge in [-0.2, -0.15) is 26.3 Å². The summed E-state index contributed by atoms with van der Waals surface area (Å²) in [4.78, 5) is 0. The summed E-state index contributed by atoms with van der Waals surface area (Å²) in [5.74, 6) is -2.95. The molecule has 0 bridgehead atoms. The lowest BCUT2D eigenvalue weighted by atomic mass is 9.78. The Morgan fingerprint density at radius 2 is 1.50 bits per heavy atom. The van der Waals surface area contributed by atoms with Gasteiger partial charge in [0.1, 0.15) is 0 Å². The first kappa shape index (κ1) is 13.6. The van der Waals surface area contributed by atoms with Crippen molar-refractivity contribution in [3.05, 3.63) is 0 Å². The van der Waals surface area contributed by atoms with Gasteiger partial charge in [-0.1, -0.05) is 0 Å². The van der Waals surface area contributed by atoms with E-state index in [-0.39, 0.29) is 6.42 Å². The van der Waals surface area contributed by atoms with Crippen LogP contribution in [0.1, 0.15) is 25.7 Å². The molecule has 0 aromatic heterocycles. The molecule has 1 N–H and O–H groups in total. The van der Waals surface area contributed by atoms with E-state index in [4.69, 9.17) is 5.11 Å². The second kappa shape index (κ2) is 4.43. The molecular weight excluding hydrogens is 238 g/mol. The zero-order valence-corrected chi connectivity index (χ0v) is 8.28. The first-order valence-corrected chi connectivity index (χ1v) is 4.89. The highest BCUT2D eigenvalue weighted by Crippen LogP contribution is 2.43. The lowest BCUT2D eigenvalue weighted by molar-refractivity contribution is -0.203. The minimum atomic E-state index is -4.52. The lowest BCUT2D eigenvalue weighted by Gasteiger charge is -2.33. The Morgan fingerprint density at radius 1 is 0.938 bits per heavy atom. The van der Waals surface area contributed by atoms with Gasteiger partial charge < -0.3 is 5.11 Å². The van der Waals surface area contributed by atoms with Crippen molar-refractivity contribution in [2.24, 2.45) is 11.8 Å². The summed E-state index contributed by atoms with van der Waals surface area (Å²) in [5, 5.41) is 9.14. The lowest BCUT2D eigenvalue weighted by Crippen LogP contribution is -2.36. The van der Waals surface area contributed by atoms with Crippen LogP contribution in [-0.2, 0) is 0 Å². The maximum atomic E-state index is 12.3. The van der Waals surface area contributed by atoms with Crippen LogP contribution in [0.15, 0.2) is 0 Å². The molecule has 1 fully saturated rings. The maximum absolute atomic E-state index is 12.3. The minimum absolute atomic E-state index is 0.202. The SMILES string of the molecule is O[C@@H]1C[C@H](CC(F)(F)F)C[C@H](C(F)(F)F)C1. The van der Waals surface area contributed by atoms with Gasteiger partial charge in [0.2, 0.25) is 0 Å². The second-order valence-electron chi connectivity index (χ2n) is 4.28. The van der Waals surface area contributed by atoms with Gasteiger partial charge in [0.25, 0.3) is 0 Å².